The van der Waals surface area contributed by atoms with E-state index in [0.717, 1.165) is 44.5 Å². The summed E-state index contributed by atoms with van der Waals surface area (Å²) in [6.45, 7) is 1.70. The molecule has 0 spiro atoms. The van der Waals surface area contributed by atoms with E-state index in [-0.39, 0.29) is 5.91 Å². The number of hydrogen-bond acceptors (Lipinski definition) is 2. The van der Waals surface area contributed by atoms with E-state index in [0.29, 0.717) is 12.3 Å². The van der Waals surface area contributed by atoms with Gasteiger partial charge in [-0.25, -0.2) is 0 Å². The minimum atomic E-state index is 0.282. The van der Waals surface area contributed by atoms with Crippen molar-refractivity contribution in [2.45, 2.75) is 38.0 Å². The Balaban J connectivity index is 1.31. The fourth-order valence-corrected chi connectivity index (χ4v) is 3.88. The molecule has 0 saturated carbocycles. The third kappa shape index (κ3) is 3.45. The lowest BCUT2D eigenvalue weighted by atomic mass is 9.94. The molecule has 1 aliphatic heterocycles. The van der Waals surface area contributed by atoms with Crippen molar-refractivity contribution in [1.82, 2.24) is 20.1 Å². The average Bonchev–Trinajstić information content (AvgIpc) is 3.32. The third-order valence-electron chi connectivity index (χ3n) is 5.25. The first-order valence-electron chi connectivity index (χ1n) is 9.13. The van der Waals surface area contributed by atoms with Crippen molar-refractivity contribution in [2.75, 3.05) is 13.1 Å². The van der Waals surface area contributed by atoms with Crippen LogP contribution in [0.1, 0.15) is 42.9 Å². The Bertz CT molecular complexity index is 836. The van der Waals surface area contributed by atoms with Crippen molar-refractivity contribution >= 4 is 16.8 Å². The first-order valence-corrected chi connectivity index (χ1v) is 9.13. The van der Waals surface area contributed by atoms with Gasteiger partial charge in [0.1, 0.15) is 0 Å². The SMILES string of the molecule is O=C(CCCc1c[nH]c2ccccc12)N1CCCC(c2ccn[nH]2)C1. The predicted octanol–water partition coefficient (Wildman–Crippen LogP) is 3.62. The van der Waals surface area contributed by atoms with E-state index in [4.69, 9.17) is 0 Å². The number of aryl methyl sites for hydroxylation is 1. The Kier molecular flexibility index (Phi) is 4.55. The Hall–Kier alpha value is -2.56. The summed E-state index contributed by atoms with van der Waals surface area (Å²) < 4.78 is 0. The number of benzene rings is 1. The summed E-state index contributed by atoms with van der Waals surface area (Å²) >= 11 is 0. The van der Waals surface area contributed by atoms with Crippen molar-refractivity contribution in [2.24, 2.45) is 0 Å². The molecule has 1 aliphatic rings. The number of rotatable bonds is 5. The molecule has 5 heteroatoms. The van der Waals surface area contributed by atoms with Crippen LogP contribution < -0.4 is 0 Å². The van der Waals surface area contributed by atoms with Gasteiger partial charge in [-0.05, 0) is 43.4 Å². The molecule has 0 bridgehead atoms. The highest BCUT2D eigenvalue weighted by molar-refractivity contribution is 5.83. The van der Waals surface area contributed by atoms with Crippen LogP contribution in [-0.4, -0.2) is 39.1 Å². The van der Waals surface area contributed by atoms with E-state index in [1.807, 2.05) is 17.0 Å². The maximum Gasteiger partial charge on any atom is 0.222 e. The summed E-state index contributed by atoms with van der Waals surface area (Å²) in [5.41, 5.74) is 3.62. The van der Waals surface area contributed by atoms with E-state index >= 15 is 0 Å². The molecule has 1 saturated heterocycles. The predicted molar refractivity (Wildman–Crippen MR) is 98.4 cm³/mol. The van der Waals surface area contributed by atoms with Crippen LogP contribution in [0, 0.1) is 0 Å². The van der Waals surface area contributed by atoms with Gasteiger partial charge in [-0.3, -0.25) is 9.89 Å². The number of nitrogens with zero attached hydrogens (tertiary/aromatic N) is 2. The Labute approximate surface area is 147 Å². The fourth-order valence-electron chi connectivity index (χ4n) is 3.88. The third-order valence-corrected chi connectivity index (χ3v) is 5.25. The number of piperidine rings is 1. The van der Waals surface area contributed by atoms with Crippen LogP contribution in [0.4, 0.5) is 0 Å². The number of hydrogen-bond donors (Lipinski definition) is 2. The van der Waals surface area contributed by atoms with Gasteiger partial charge in [0.15, 0.2) is 0 Å². The lowest BCUT2D eigenvalue weighted by molar-refractivity contribution is -0.132. The van der Waals surface area contributed by atoms with Crippen LogP contribution in [-0.2, 0) is 11.2 Å². The number of carbonyl (C=O) groups is 1. The topological polar surface area (TPSA) is 64.8 Å². The lowest BCUT2D eigenvalue weighted by Crippen LogP contribution is -2.39. The summed E-state index contributed by atoms with van der Waals surface area (Å²) in [4.78, 5) is 17.9. The van der Waals surface area contributed by atoms with Gasteiger partial charge in [-0.2, -0.15) is 5.10 Å². The molecule has 1 aromatic carbocycles. The monoisotopic (exact) mass is 336 g/mol. The molecule has 3 aromatic rings. The second-order valence-corrected chi connectivity index (χ2v) is 6.90. The molecule has 3 heterocycles. The average molecular weight is 336 g/mol. The lowest BCUT2D eigenvalue weighted by Gasteiger charge is -2.32. The number of fused-ring (bicyclic) bond motifs is 1. The van der Waals surface area contributed by atoms with E-state index in [2.05, 4.69) is 39.6 Å². The Morgan fingerprint density at radius 1 is 1.28 bits per heavy atom. The summed E-state index contributed by atoms with van der Waals surface area (Å²) in [5, 5.41) is 8.36. The second-order valence-electron chi connectivity index (χ2n) is 6.90. The molecule has 0 radical (unpaired) electrons. The number of likely N-dealkylation sites (tertiary alicyclic amines) is 1. The van der Waals surface area contributed by atoms with Gasteiger partial charge in [0.2, 0.25) is 5.91 Å². The zero-order chi connectivity index (χ0) is 17.1. The van der Waals surface area contributed by atoms with Crippen LogP contribution in [0.3, 0.4) is 0 Å². The van der Waals surface area contributed by atoms with Crippen molar-refractivity contribution in [3.63, 3.8) is 0 Å². The zero-order valence-corrected chi connectivity index (χ0v) is 14.4. The summed E-state index contributed by atoms with van der Waals surface area (Å²) in [6, 6.07) is 10.4. The molecule has 25 heavy (non-hydrogen) atoms. The molecule has 1 unspecified atom stereocenters. The number of amides is 1. The van der Waals surface area contributed by atoms with Crippen molar-refractivity contribution in [3.05, 3.63) is 54.0 Å². The van der Waals surface area contributed by atoms with Crippen LogP contribution >= 0.6 is 0 Å². The van der Waals surface area contributed by atoms with E-state index in [1.165, 1.54) is 16.5 Å². The number of para-hydroxylation sites is 1. The van der Waals surface area contributed by atoms with E-state index in [1.54, 1.807) is 6.20 Å². The van der Waals surface area contributed by atoms with Gasteiger partial charge >= 0.3 is 0 Å². The van der Waals surface area contributed by atoms with Crippen LogP contribution in [0.15, 0.2) is 42.7 Å². The van der Waals surface area contributed by atoms with Crippen LogP contribution in [0.5, 0.6) is 0 Å². The molecule has 2 N–H and O–H groups in total. The first kappa shape index (κ1) is 15.9. The van der Waals surface area contributed by atoms with Crippen molar-refractivity contribution in [3.8, 4) is 0 Å². The zero-order valence-electron chi connectivity index (χ0n) is 14.4. The molecule has 1 fully saturated rings. The van der Waals surface area contributed by atoms with E-state index in [9.17, 15) is 4.79 Å². The van der Waals surface area contributed by atoms with Gasteiger partial charge in [0.05, 0.1) is 0 Å². The van der Waals surface area contributed by atoms with Gasteiger partial charge in [-0.1, -0.05) is 18.2 Å². The molecule has 0 aliphatic carbocycles. The normalized spacial score (nSPS) is 17.9. The largest absolute Gasteiger partial charge is 0.361 e. The van der Waals surface area contributed by atoms with Crippen LogP contribution in [0.25, 0.3) is 10.9 Å². The number of aromatic nitrogens is 3. The standard InChI is InChI=1S/C20H24N4O/c25-20(24-12-4-6-16(14-24)18-10-11-22-23-18)9-3-5-15-13-21-19-8-2-1-7-17(15)19/h1-2,7-8,10-11,13,16,21H,3-6,9,12,14H2,(H,22,23). The maximum absolute atomic E-state index is 12.6. The minimum Gasteiger partial charge on any atom is -0.361 e. The van der Waals surface area contributed by atoms with Crippen LogP contribution in [0.2, 0.25) is 0 Å². The quantitative estimate of drug-likeness (QED) is 0.747. The molecule has 5 nitrogen and oxygen atoms in total. The Morgan fingerprint density at radius 2 is 2.20 bits per heavy atom. The highest BCUT2D eigenvalue weighted by Crippen LogP contribution is 2.26. The first-order chi connectivity index (χ1) is 12.3. The number of carbonyl (C=O) groups excluding carboxylic acids is 1. The molecule has 1 amide bonds. The number of nitrogens with one attached hydrogen (secondary N) is 2. The van der Waals surface area contributed by atoms with Gasteiger partial charge in [-0.15, -0.1) is 0 Å². The molecular weight excluding hydrogens is 312 g/mol. The Morgan fingerprint density at radius 3 is 3.08 bits per heavy atom. The second kappa shape index (κ2) is 7.13. The maximum atomic E-state index is 12.6. The molecular formula is C20H24N4O. The molecule has 1 atom stereocenters. The fraction of sp³-hybridized carbons (Fsp3) is 0.400. The highest BCUT2D eigenvalue weighted by Gasteiger charge is 2.25. The highest BCUT2D eigenvalue weighted by atomic mass is 16.2. The summed E-state index contributed by atoms with van der Waals surface area (Å²) in [6.07, 6.45) is 8.51. The van der Waals surface area contributed by atoms with E-state index < -0.39 is 0 Å². The molecule has 130 valence electrons. The minimum absolute atomic E-state index is 0.282. The van der Waals surface area contributed by atoms with Crippen molar-refractivity contribution < 1.29 is 4.79 Å². The van der Waals surface area contributed by atoms with Gasteiger partial charge < -0.3 is 9.88 Å². The number of H-pyrrole nitrogens is 2. The molecule has 2 aromatic heterocycles. The van der Waals surface area contributed by atoms with Gasteiger partial charge in [0.25, 0.3) is 0 Å². The molecule has 4 rings (SSSR count). The smallest absolute Gasteiger partial charge is 0.222 e. The van der Waals surface area contributed by atoms with Gasteiger partial charge in [0, 0.05) is 54.4 Å². The summed E-state index contributed by atoms with van der Waals surface area (Å²) in [7, 11) is 0. The summed E-state index contributed by atoms with van der Waals surface area (Å²) in [5.74, 6) is 0.679. The van der Waals surface area contributed by atoms with Crippen molar-refractivity contribution in [1.29, 1.82) is 0 Å². The number of aromatic amines is 2.